The van der Waals surface area contributed by atoms with Gasteiger partial charge in [-0.15, -0.1) is 0 Å². The highest BCUT2D eigenvalue weighted by molar-refractivity contribution is 4.79. The lowest BCUT2D eigenvalue weighted by Gasteiger charge is -2.28. The van der Waals surface area contributed by atoms with E-state index in [0.717, 1.165) is 32.6 Å². The molecule has 0 aromatic heterocycles. The van der Waals surface area contributed by atoms with Crippen molar-refractivity contribution in [1.82, 2.24) is 5.32 Å². The molecule has 0 radical (unpaired) electrons. The SMILES string of the molecule is OC1CCCCC1CNC1CCOC1. The van der Waals surface area contributed by atoms with Crippen molar-refractivity contribution in [2.45, 2.75) is 44.2 Å². The second kappa shape index (κ2) is 5.10. The summed E-state index contributed by atoms with van der Waals surface area (Å²) in [5.74, 6) is 0.476. The molecule has 0 aromatic rings. The van der Waals surface area contributed by atoms with Crippen molar-refractivity contribution in [1.29, 1.82) is 0 Å². The highest BCUT2D eigenvalue weighted by atomic mass is 16.5. The van der Waals surface area contributed by atoms with E-state index in [4.69, 9.17) is 4.74 Å². The summed E-state index contributed by atoms with van der Waals surface area (Å²) in [6, 6.07) is 0.532. The molecule has 1 heterocycles. The molecule has 1 aliphatic heterocycles. The van der Waals surface area contributed by atoms with Crippen LogP contribution in [-0.2, 0) is 4.74 Å². The lowest BCUT2D eigenvalue weighted by molar-refractivity contribution is 0.0676. The predicted molar refractivity (Wildman–Crippen MR) is 55.2 cm³/mol. The van der Waals surface area contributed by atoms with Crippen molar-refractivity contribution in [3.8, 4) is 0 Å². The second-order valence-electron chi connectivity index (χ2n) is 4.58. The maximum atomic E-state index is 9.77. The Kier molecular flexibility index (Phi) is 3.79. The second-order valence-corrected chi connectivity index (χ2v) is 4.58. The van der Waals surface area contributed by atoms with Gasteiger partial charge in [0.2, 0.25) is 0 Å². The van der Waals surface area contributed by atoms with Crippen LogP contribution < -0.4 is 5.32 Å². The van der Waals surface area contributed by atoms with Crippen LogP contribution in [0.4, 0.5) is 0 Å². The zero-order chi connectivity index (χ0) is 9.80. The molecule has 1 aliphatic carbocycles. The average Bonchev–Trinajstić information content (AvgIpc) is 2.69. The molecule has 2 rings (SSSR count). The predicted octanol–water partition coefficient (Wildman–Crippen LogP) is 0.916. The van der Waals surface area contributed by atoms with Gasteiger partial charge in [0.1, 0.15) is 0 Å². The monoisotopic (exact) mass is 199 g/mol. The third kappa shape index (κ3) is 2.69. The first-order valence-corrected chi connectivity index (χ1v) is 5.85. The number of hydrogen-bond donors (Lipinski definition) is 2. The van der Waals surface area contributed by atoms with Crippen LogP contribution in [-0.4, -0.2) is 37.0 Å². The van der Waals surface area contributed by atoms with E-state index in [2.05, 4.69) is 5.32 Å². The molecule has 3 heteroatoms. The van der Waals surface area contributed by atoms with E-state index in [0.29, 0.717) is 12.0 Å². The molecule has 0 spiro atoms. The smallest absolute Gasteiger partial charge is 0.0620 e. The third-order valence-corrected chi connectivity index (χ3v) is 3.47. The first-order chi connectivity index (χ1) is 6.86. The van der Waals surface area contributed by atoms with Gasteiger partial charge in [0, 0.05) is 19.2 Å². The van der Waals surface area contributed by atoms with Gasteiger partial charge < -0.3 is 15.2 Å². The van der Waals surface area contributed by atoms with Crippen LogP contribution in [0.2, 0.25) is 0 Å². The van der Waals surface area contributed by atoms with Crippen LogP contribution in [0.5, 0.6) is 0 Å². The Morgan fingerprint density at radius 2 is 2.07 bits per heavy atom. The zero-order valence-electron chi connectivity index (χ0n) is 8.74. The molecule has 1 saturated carbocycles. The Hall–Kier alpha value is -0.120. The minimum atomic E-state index is -0.0708. The Labute approximate surface area is 85.8 Å². The van der Waals surface area contributed by atoms with Crippen molar-refractivity contribution in [3.63, 3.8) is 0 Å². The van der Waals surface area contributed by atoms with Gasteiger partial charge >= 0.3 is 0 Å². The van der Waals surface area contributed by atoms with Crippen LogP contribution in [0, 0.1) is 5.92 Å². The Morgan fingerprint density at radius 3 is 2.79 bits per heavy atom. The number of nitrogens with one attached hydrogen (secondary N) is 1. The van der Waals surface area contributed by atoms with Crippen molar-refractivity contribution in [2.75, 3.05) is 19.8 Å². The van der Waals surface area contributed by atoms with Gasteiger partial charge in [0.25, 0.3) is 0 Å². The quantitative estimate of drug-likeness (QED) is 0.710. The molecule has 14 heavy (non-hydrogen) atoms. The molecule has 0 aromatic carbocycles. The fourth-order valence-corrected chi connectivity index (χ4v) is 2.44. The molecule has 1 saturated heterocycles. The Morgan fingerprint density at radius 1 is 1.21 bits per heavy atom. The van der Waals surface area contributed by atoms with Crippen LogP contribution in [0.25, 0.3) is 0 Å². The van der Waals surface area contributed by atoms with Gasteiger partial charge in [-0.3, -0.25) is 0 Å². The molecule has 3 unspecified atom stereocenters. The summed E-state index contributed by atoms with van der Waals surface area (Å²) >= 11 is 0. The summed E-state index contributed by atoms with van der Waals surface area (Å²) < 4.78 is 5.30. The lowest BCUT2D eigenvalue weighted by atomic mass is 9.86. The Balaban J connectivity index is 1.67. The largest absolute Gasteiger partial charge is 0.393 e. The van der Waals surface area contributed by atoms with Crippen molar-refractivity contribution < 1.29 is 9.84 Å². The molecule has 2 N–H and O–H groups in total. The van der Waals surface area contributed by atoms with Crippen LogP contribution in [0.3, 0.4) is 0 Å². The van der Waals surface area contributed by atoms with E-state index >= 15 is 0 Å². The average molecular weight is 199 g/mol. The van der Waals surface area contributed by atoms with Crippen molar-refractivity contribution in [3.05, 3.63) is 0 Å². The summed E-state index contributed by atoms with van der Waals surface area (Å²) in [5, 5.41) is 13.3. The molecule has 2 fully saturated rings. The highest BCUT2D eigenvalue weighted by Gasteiger charge is 2.24. The Bertz CT molecular complexity index is 169. The van der Waals surface area contributed by atoms with E-state index < -0.39 is 0 Å². The van der Waals surface area contributed by atoms with Crippen LogP contribution in [0.1, 0.15) is 32.1 Å². The maximum Gasteiger partial charge on any atom is 0.0620 e. The number of aliphatic hydroxyl groups is 1. The van der Waals surface area contributed by atoms with E-state index in [1.807, 2.05) is 0 Å². The minimum absolute atomic E-state index is 0.0708. The third-order valence-electron chi connectivity index (χ3n) is 3.47. The highest BCUT2D eigenvalue weighted by Crippen LogP contribution is 2.23. The van der Waals surface area contributed by atoms with Crippen molar-refractivity contribution >= 4 is 0 Å². The maximum absolute atomic E-state index is 9.77. The molecule has 0 bridgehead atoms. The topological polar surface area (TPSA) is 41.5 Å². The van der Waals surface area contributed by atoms with Crippen LogP contribution >= 0.6 is 0 Å². The van der Waals surface area contributed by atoms with E-state index in [1.165, 1.54) is 19.3 Å². The zero-order valence-corrected chi connectivity index (χ0v) is 8.74. The summed E-state index contributed by atoms with van der Waals surface area (Å²) in [7, 11) is 0. The fourth-order valence-electron chi connectivity index (χ4n) is 2.44. The molecule has 3 nitrogen and oxygen atoms in total. The van der Waals surface area contributed by atoms with Gasteiger partial charge in [-0.2, -0.15) is 0 Å². The van der Waals surface area contributed by atoms with Gasteiger partial charge in [-0.05, 0) is 25.2 Å². The lowest BCUT2D eigenvalue weighted by Crippen LogP contribution is -2.39. The van der Waals surface area contributed by atoms with E-state index in [1.54, 1.807) is 0 Å². The van der Waals surface area contributed by atoms with E-state index in [-0.39, 0.29) is 6.10 Å². The number of hydrogen-bond acceptors (Lipinski definition) is 3. The van der Waals surface area contributed by atoms with Gasteiger partial charge in [0.15, 0.2) is 0 Å². The number of ether oxygens (including phenoxy) is 1. The van der Waals surface area contributed by atoms with Crippen molar-refractivity contribution in [2.24, 2.45) is 5.92 Å². The molecular formula is C11H21NO2. The summed E-state index contributed by atoms with van der Waals surface area (Å²) in [6.07, 6.45) is 5.71. The van der Waals surface area contributed by atoms with Gasteiger partial charge in [-0.25, -0.2) is 0 Å². The number of rotatable bonds is 3. The van der Waals surface area contributed by atoms with Gasteiger partial charge in [-0.1, -0.05) is 12.8 Å². The summed E-state index contributed by atoms with van der Waals surface area (Å²) in [4.78, 5) is 0. The number of aliphatic hydroxyl groups excluding tert-OH is 1. The minimum Gasteiger partial charge on any atom is -0.393 e. The molecular weight excluding hydrogens is 178 g/mol. The molecule has 3 atom stereocenters. The normalized spacial score (nSPS) is 38.8. The summed E-state index contributed by atoms with van der Waals surface area (Å²) in [5.41, 5.74) is 0. The molecule has 2 aliphatic rings. The summed E-state index contributed by atoms with van der Waals surface area (Å²) in [6.45, 7) is 2.71. The first-order valence-electron chi connectivity index (χ1n) is 5.85. The van der Waals surface area contributed by atoms with E-state index in [9.17, 15) is 5.11 Å². The van der Waals surface area contributed by atoms with Gasteiger partial charge in [0.05, 0.1) is 12.7 Å². The first kappa shape index (κ1) is 10.4. The standard InChI is InChI=1S/C11H21NO2/c13-11-4-2-1-3-9(11)7-12-10-5-6-14-8-10/h9-13H,1-8H2. The fraction of sp³-hybridized carbons (Fsp3) is 1.00. The molecule has 0 amide bonds. The molecule has 82 valence electrons. The van der Waals surface area contributed by atoms with Crippen LogP contribution in [0.15, 0.2) is 0 Å².